The van der Waals surface area contributed by atoms with E-state index in [1.807, 2.05) is 38.0 Å². The fraction of sp³-hybridized carbons (Fsp3) is 0.500. The molecule has 0 aliphatic rings. The highest BCUT2D eigenvalue weighted by Gasteiger charge is 2.29. The van der Waals surface area contributed by atoms with Gasteiger partial charge in [0.1, 0.15) is 37.9 Å². The molecule has 0 aromatic heterocycles. The highest BCUT2D eigenvalue weighted by atomic mass is 16.6. The first-order valence-corrected chi connectivity index (χ1v) is 12.5. The Bertz CT molecular complexity index is 937. The molecule has 0 spiro atoms. The van der Waals surface area contributed by atoms with Gasteiger partial charge in [-0.05, 0) is 77.4 Å². The number of ether oxygens (including phenoxy) is 4. The number of nitrogens with two attached hydrogens (primary N) is 2. The molecule has 0 heterocycles. The number of hydrogen-bond donors (Lipinski definition) is 2. The van der Waals surface area contributed by atoms with Gasteiger partial charge in [0.25, 0.3) is 0 Å². The molecule has 0 aliphatic carbocycles. The maximum absolute atomic E-state index is 12.3. The average molecular weight is 531 g/mol. The summed E-state index contributed by atoms with van der Waals surface area (Å²) in [6.45, 7) is 5.70. The summed E-state index contributed by atoms with van der Waals surface area (Å²) in [6, 6.07) is 14.4. The quantitative estimate of drug-likeness (QED) is 0.275. The SMILES string of the molecule is CN(C)CCOc1ccc(C(C)(N)COC(=O)C(=O)OCC(C)(N)c2ccc(OCCN(C)C)cc2)cc1. The molecule has 0 fully saturated rings. The lowest BCUT2D eigenvalue weighted by atomic mass is 9.94. The molecule has 38 heavy (non-hydrogen) atoms. The number of rotatable bonds is 14. The number of carbonyl (C=O) groups is 2. The molecular formula is C28H42N4O6. The van der Waals surface area contributed by atoms with Crippen molar-refractivity contribution in [1.82, 2.24) is 9.80 Å². The lowest BCUT2D eigenvalue weighted by Gasteiger charge is -2.26. The zero-order valence-electron chi connectivity index (χ0n) is 23.4. The molecule has 0 bridgehead atoms. The molecule has 2 aromatic carbocycles. The Balaban J connectivity index is 1.82. The van der Waals surface area contributed by atoms with Crippen molar-refractivity contribution in [3.8, 4) is 11.5 Å². The van der Waals surface area contributed by atoms with E-state index in [1.54, 1.807) is 62.4 Å². The number of nitrogens with zero attached hydrogens (tertiary/aromatic N) is 2. The van der Waals surface area contributed by atoms with E-state index >= 15 is 0 Å². The fourth-order valence-electron chi connectivity index (χ4n) is 3.27. The zero-order chi connectivity index (χ0) is 28.3. The number of carbonyl (C=O) groups excluding carboxylic acids is 2. The van der Waals surface area contributed by atoms with Gasteiger partial charge in [0.2, 0.25) is 0 Å². The van der Waals surface area contributed by atoms with Gasteiger partial charge in [-0.25, -0.2) is 9.59 Å². The molecule has 2 aromatic rings. The topological polar surface area (TPSA) is 130 Å². The van der Waals surface area contributed by atoms with Crippen LogP contribution in [0, 0.1) is 0 Å². The number of esters is 2. The summed E-state index contributed by atoms with van der Waals surface area (Å²) in [5.41, 5.74) is 12.1. The summed E-state index contributed by atoms with van der Waals surface area (Å²) >= 11 is 0. The van der Waals surface area contributed by atoms with E-state index < -0.39 is 23.0 Å². The van der Waals surface area contributed by atoms with Crippen molar-refractivity contribution in [3.05, 3.63) is 59.7 Å². The Labute approximate surface area is 225 Å². The molecule has 0 radical (unpaired) electrons. The maximum atomic E-state index is 12.3. The second-order valence-corrected chi connectivity index (χ2v) is 10.3. The Morgan fingerprint density at radius 2 is 0.974 bits per heavy atom. The van der Waals surface area contributed by atoms with Gasteiger partial charge < -0.3 is 40.2 Å². The van der Waals surface area contributed by atoms with Gasteiger partial charge in [-0.1, -0.05) is 24.3 Å². The van der Waals surface area contributed by atoms with E-state index in [2.05, 4.69) is 0 Å². The minimum Gasteiger partial charge on any atom is -0.492 e. The van der Waals surface area contributed by atoms with Crippen molar-refractivity contribution in [1.29, 1.82) is 0 Å². The number of hydrogen-bond acceptors (Lipinski definition) is 10. The third-order valence-electron chi connectivity index (χ3n) is 5.81. The second-order valence-electron chi connectivity index (χ2n) is 10.3. The normalized spacial score (nSPS) is 14.5. The van der Waals surface area contributed by atoms with E-state index in [0.717, 1.165) is 24.2 Å². The Hall–Kier alpha value is -3.18. The molecule has 210 valence electrons. The third kappa shape index (κ3) is 10.3. The van der Waals surface area contributed by atoms with Crippen LogP contribution in [0.1, 0.15) is 25.0 Å². The maximum Gasteiger partial charge on any atom is 0.417 e. The summed E-state index contributed by atoms with van der Waals surface area (Å²) in [6.07, 6.45) is 0. The van der Waals surface area contributed by atoms with Crippen molar-refractivity contribution < 1.29 is 28.5 Å². The van der Waals surface area contributed by atoms with E-state index in [9.17, 15) is 9.59 Å². The van der Waals surface area contributed by atoms with Crippen LogP contribution in [-0.2, 0) is 30.1 Å². The second kappa shape index (κ2) is 14.1. The number of benzene rings is 2. The van der Waals surface area contributed by atoms with Crippen LogP contribution in [0.5, 0.6) is 11.5 Å². The van der Waals surface area contributed by atoms with Gasteiger partial charge in [-0.15, -0.1) is 0 Å². The summed E-state index contributed by atoms with van der Waals surface area (Å²) in [4.78, 5) is 28.6. The molecule has 0 amide bonds. The van der Waals surface area contributed by atoms with Gasteiger partial charge >= 0.3 is 11.9 Å². The highest BCUT2D eigenvalue weighted by Crippen LogP contribution is 2.23. The van der Waals surface area contributed by atoms with Crippen molar-refractivity contribution in [2.45, 2.75) is 24.9 Å². The zero-order valence-corrected chi connectivity index (χ0v) is 23.4. The molecule has 0 saturated carbocycles. The fourth-order valence-corrected chi connectivity index (χ4v) is 3.27. The third-order valence-corrected chi connectivity index (χ3v) is 5.81. The van der Waals surface area contributed by atoms with Gasteiger partial charge in [0.15, 0.2) is 0 Å². The monoisotopic (exact) mass is 530 g/mol. The molecule has 2 rings (SSSR count). The lowest BCUT2D eigenvalue weighted by molar-refractivity contribution is -0.169. The molecule has 0 aliphatic heterocycles. The first-order chi connectivity index (χ1) is 17.8. The van der Waals surface area contributed by atoms with Gasteiger partial charge in [0, 0.05) is 13.1 Å². The van der Waals surface area contributed by atoms with Gasteiger partial charge in [-0.3, -0.25) is 0 Å². The Kier molecular flexibility index (Phi) is 11.5. The molecule has 2 unspecified atom stereocenters. The van der Waals surface area contributed by atoms with E-state index in [0.29, 0.717) is 24.7 Å². The van der Waals surface area contributed by atoms with Crippen LogP contribution in [0.3, 0.4) is 0 Å². The molecule has 0 saturated heterocycles. The standard InChI is InChI=1S/C28H42N4O6/c1-27(29,21-7-11-23(12-8-21)35-17-15-31(3)4)19-37-25(33)26(34)38-20-28(2,30)22-9-13-24(14-10-22)36-18-16-32(5)6/h7-14H,15-20,29-30H2,1-6H3. The highest BCUT2D eigenvalue weighted by molar-refractivity contribution is 6.29. The molecule has 4 N–H and O–H groups in total. The summed E-state index contributed by atoms with van der Waals surface area (Å²) in [5, 5.41) is 0. The van der Waals surface area contributed by atoms with Crippen LogP contribution in [0.25, 0.3) is 0 Å². The van der Waals surface area contributed by atoms with Crippen LogP contribution in [-0.4, -0.2) is 89.4 Å². The van der Waals surface area contributed by atoms with E-state index in [-0.39, 0.29) is 13.2 Å². The van der Waals surface area contributed by atoms with E-state index in [4.69, 9.17) is 30.4 Å². The predicted molar refractivity (Wildman–Crippen MR) is 146 cm³/mol. The van der Waals surface area contributed by atoms with E-state index in [1.165, 1.54) is 0 Å². The van der Waals surface area contributed by atoms with Crippen LogP contribution < -0.4 is 20.9 Å². The Morgan fingerprint density at radius 1 is 0.658 bits per heavy atom. The van der Waals surface area contributed by atoms with Crippen molar-refractivity contribution >= 4 is 11.9 Å². The largest absolute Gasteiger partial charge is 0.492 e. The summed E-state index contributed by atoms with van der Waals surface area (Å²) in [7, 11) is 7.89. The molecule has 2 atom stereocenters. The molecule has 10 nitrogen and oxygen atoms in total. The van der Waals surface area contributed by atoms with Gasteiger partial charge in [0.05, 0.1) is 11.1 Å². The van der Waals surface area contributed by atoms with Gasteiger partial charge in [-0.2, -0.15) is 0 Å². The minimum absolute atomic E-state index is 0.211. The molecule has 10 heteroatoms. The lowest BCUT2D eigenvalue weighted by Crippen LogP contribution is -2.42. The first-order valence-electron chi connectivity index (χ1n) is 12.5. The number of likely N-dealkylation sites (N-methyl/N-ethyl adjacent to an activating group) is 2. The van der Waals surface area contributed by atoms with Crippen molar-refractivity contribution in [2.24, 2.45) is 11.5 Å². The summed E-state index contributed by atoms with van der Waals surface area (Å²) < 4.78 is 21.7. The minimum atomic E-state index is -1.13. The van der Waals surface area contributed by atoms with Crippen LogP contribution in [0.2, 0.25) is 0 Å². The first kappa shape index (κ1) is 31.0. The predicted octanol–water partition coefficient (Wildman–Crippen LogP) is 1.70. The van der Waals surface area contributed by atoms with Crippen LogP contribution in [0.15, 0.2) is 48.5 Å². The van der Waals surface area contributed by atoms with Crippen molar-refractivity contribution in [3.63, 3.8) is 0 Å². The smallest absolute Gasteiger partial charge is 0.417 e. The van der Waals surface area contributed by atoms with Crippen LogP contribution in [0.4, 0.5) is 0 Å². The molecular weight excluding hydrogens is 488 g/mol. The summed E-state index contributed by atoms with van der Waals surface area (Å²) in [5.74, 6) is -0.844. The van der Waals surface area contributed by atoms with Crippen LogP contribution >= 0.6 is 0 Å². The van der Waals surface area contributed by atoms with Crippen molar-refractivity contribution in [2.75, 3.05) is 67.7 Å². The average Bonchev–Trinajstić information content (AvgIpc) is 2.86. The Morgan fingerprint density at radius 3 is 1.26 bits per heavy atom.